The van der Waals surface area contributed by atoms with Crippen LogP contribution in [-0.4, -0.2) is 20.2 Å². The van der Waals surface area contributed by atoms with E-state index in [1.54, 1.807) is 19.2 Å². The van der Waals surface area contributed by atoms with Gasteiger partial charge in [0.2, 0.25) is 0 Å². The Bertz CT molecular complexity index is 1500. The van der Waals surface area contributed by atoms with Crippen molar-refractivity contribution in [1.82, 2.24) is 0 Å². The summed E-state index contributed by atoms with van der Waals surface area (Å²) in [6.45, 7) is 4.90. The number of esters is 1. The van der Waals surface area contributed by atoms with Gasteiger partial charge in [-0.25, -0.2) is 4.39 Å². The fourth-order valence-electron chi connectivity index (χ4n) is 7.17. The molecule has 0 saturated heterocycles. The lowest BCUT2D eigenvalue weighted by Crippen LogP contribution is -2.47. The van der Waals surface area contributed by atoms with Crippen molar-refractivity contribution in [2.75, 3.05) is 14.2 Å². The zero-order valence-corrected chi connectivity index (χ0v) is 23.8. The molecule has 40 heavy (non-hydrogen) atoms. The standard InChI is InChI=1S/C35H37FO4/c1-34(2)15-5-6-29(34)27-18-22(7-11-26(27)28-19-24(38-3)10-12-32(28)36)21-40-25-9-8-23-13-16-35(31(23)20-25)17-14-30(35)33(37)39-4/h6-12,18-20,30H,5,13-17,21H2,1-4H3/t30-,35+/m0/s1. The molecule has 1 fully saturated rings. The number of allylic oxidation sites excluding steroid dienone is 2. The Morgan fingerprint density at radius 3 is 2.45 bits per heavy atom. The van der Waals surface area contributed by atoms with E-state index in [2.05, 4.69) is 38.1 Å². The number of carbonyl (C=O) groups is 1. The number of aryl methyl sites for hydroxylation is 1. The third-order valence-corrected chi connectivity index (χ3v) is 9.58. The maximum Gasteiger partial charge on any atom is 0.309 e. The van der Waals surface area contributed by atoms with E-state index in [1.807, 2.05) is 18.2 Å². The maximum absolute atomic E-state index is 15.1. The minimum atomic E-state index is -0.268. The number of hydrogen-bond acceptors (Lipinski definition) is 4. The fraction of sp³-hybridized carbons (Fsp3) is 0.400. The molecule has 0 unspecified atom stereocenters. The average Bonchev–Trinajstić information content (AvgIpc) is 3.51. The van der Waals surface area contributed by atoms with E-state index in [-0.39, 0.29) is 28.5 Å². The first kappa shape index (κ1) is 26.6. The van der Waals surface area contributed by atoms with Gasteiger partial charge in [0, 0.05) is 11.0 Å². The second-order valence-corrected chi connectivity index (χ2v) is 12.1. The number of halogens is 1. The van der Waals surface area contributed by atoms with E-state index in [0.717, 1.165) is 61.0 Å². The van der Waals surface area contributed by atoms with Gasteiger partial charge < -0.3 is 14.2 Å². The van der Waals surface area contributed by atoms with Crippen molar-refractivity contribution < 1.29 is 23.4 Å². The molecule has 0 heterocycles. The van der Waals surface area contributed by atoms with Crippen LogP contribution in [0.4, 0.5) is 4.39 Å². The van der Waals surface area contributed by atoms with Crippen LogP contribution in [-0.2, 0) is 28.0 Å². The van der Waals surface area contributed by atoms with Crippen molar-refractivity contribution in [3.8, 4) is 22.6 Å². The molecule has 1 spiro atoms. The van der Waals surface area contributed by atoms with Crippen molar-refractivity contribution >= 4 is 11.5 Å². The third kappa shape index (κ3) is 4.40. The van der Waals surface area contributed by atoms with Gasteiger partial charge in [-0.05, 0) is 114 Å². The third-order valence-electron chi connectivity index (χ3n) is 9.58. The largest absolute Gasteiger partial charge is 0.497 e. The van der Waals surface area contributed by atoms with Crippen LogP contribution in [0.1, 0.15) is 68.2 Å². The number of fused-ring (bicyclic) bond motifs is 2. The lowest BCUT2D eigenvalue weighted by Gasteiger charge is -2.46. The molecular formula is C35H37FO4. The summed E-state index contributed by atoms with van der Waals surface area (Å²) in [5.41, 5.74) is 7.14. The highest BCUT2D eigenvalue weighted by molar-refractivity contribution is 5.85. The quantitative estimate of drug-likeness (QED) is 0.285. The normalized spacial score (nSPS) is 22.4. The van der Waals surface area contributed by atoms with Crippen LogP contribution in [0.2, 0.25) is 0 Å². The maximum atomic E-state index is 15.1. The molecule has 4 nitrogen and oxygen atoms in total. The summed E-state index contributed by atoms with van der Waals surface area (Å²) < 4.78 is 32.0. The molecule has 0 aromatic heterocycles. The van der Waals surface area contributed by atoms with Gasteiger partial charge in [0.05, 0.1) is 20.1 Å². The average molecular weight is 541 g/mol. The van der Waals surface area contributed by atoms with Gasteiger partial charge in [-0.1, -0.05) is 38.1 Å². The molecule has 3 aromatic carbocycles. The van der Waals surface area contributed by atoms with Crippen molar-refractivity contribution in [1.29, 1.82) is 0 Å². The summed E-state index contributed by atoms with van der Waals surface area (Å²) in [6.07, 6.45) is 8.23. The first-order valence-corrected chi connectivity index (χ1v) is 14.3. The molecule has 3 aromatic rings. The van der Waals surface area contributed by atoms with E-state index >= 15 is 4.39 Å². The van der Waals surface area contributed by atoms with Crippen molar-refractivity contribution in [2.45, 2.75) is 64.4 Å². The Hall–Kier alpha value is -3.60. The highest BCUT2D eigenvalue weighted by atomic mass is 19.1. The van der Waals surface area contributed by atoms with Gasteiger partial charge in [-0.3, -0.25) is 4.79 Å². The lowest BCUT2D eigenvalue weighted by atomic mass is 9.57. The molecule has 3 aliphatic rings. The predicted molar refractivity (Wildman–Crippen MR) is 155 cm³/mol. The number of hydrogen-bond donors (Lipinski definition) is 0. The van der Waals surface area contributed by atoms with Crippen LogP contribution >= 0.6 is 0 Å². The summed E-state index contributed by atoms with van der Waals surface area (Å²) in [5.74, 6) is 1.000. The topological polar surface area (TPSA) is 44.8 Å². The Kier molecular flexibility index (Phi) is 6.72. The van der Waals surface area contributed by atoms with Crippen molar-refractivity contribution in [2.24, 2.45) is 11.3 Å². The number of rotatable bonds is 7. The van der Waals surface area contributed by atoms with Crippen molar-refractivity contribution in [3.05, 3.63) is 88.7 Å². The van der Waals surface area contributed by atoms with Gasteiger partial charge >= 0.3 is 5.97 Å². The second kappa shape index (κ2) is 10.1. The molecule has 208 valence electrons. The van der Waals surface area contributed by atoms with Crippen LogP contribution in [0.15, 0.2) is 60.7 Å². The van der Waals surface area contributed by atoms with Crippen LogP contribution in [0, 0.1) is 17.2 Å². The van der Waals surface area contributed by atoms with Gasteiger partial charge in [0.15, 0.2) is 0 Å². The Morgan fingerprint density at radius 1 is 0.925 bits per heavy atom. The second-order valence-electron chi connectivity index (χ2n) is 12.1. The molecule has 0 radical (unpaired) electrons. The number of benzene rings is 3. The first-order chi connectivity index (χ1) is 19.3. The van der Waals surface area contributed by atoms with E-state index in [9.17, 15) is 4.79 Å². The first-order valence-electron chi connectivity index (χ1n) is 14.3. The SMILES string of the molecule is COC(=O)[C@@H]1CC[C@]12CCc1ccc(OCc3ccc(-c4cc(OC)ccc4F)c(C4=CCCC4(C)C)c3)cc12. The Morgan fingerprint density at radius 2 is 1.75 bits per heavy atom. The lowest BCUT2D eigenvalue weighted by molar-refractivity contribution is -0.153. The van der Waals surface area contributed by atoms with E-state index in [4.69, 9.17) is 14.2 Å². The summed E-state index contributed by atoms with van der Waals surface area (Å²) in [7, 11) is 3.08. The molecule has 5 heteroatoms. The number of carbonyl (C=O) groups excluding carboxylic acids is 1. The van der Waals surface area contributed by atoms with Crippen LogP contribution in [0.25, 0.3) is 16.7 Å². The minimum absolute atomic E-state index is 0.00315. The monoisotopic (exact) mass is 540 g/mol. The molecule has 6 rings (SSSR count). The van der Waals surface area contributed by atoms with E-state index < -0.39 is 0 Å². The van der Waals surface area contributed by atoms with Crippen LogP contribution in [0.5, 0.6) is 11.5 Å². The Balaban J connectivity index is 1.31. The predicted octanol–water partition coefficient (Wildman–Crippen LogP) is 8.05. The highest BCUT2D eigenvalue weighted by Gasteiger charge is 2.55. The number of methoxy groups -OCH3 is 2. The smallest absolute Gasteiger partial charge is 0.309 e. The molecule has 3 aliphatic carbocycles. The Labute approximate surface area is 236 Å². The van der Waals surface area contributed by atoms with Gasteiger partial charge in [-0.2, -0.15) is 0 Å². The fourth-order valence-corrected chi connectivity index (χ4v) is 7.17. The van der Waals surface area contributed by atoms with Crippen LogP contribution < -0.4 is 9.47 Å². The number of ether oxygens (including phenoxy) is 3. The summed E-state index contributed by atoms with van der Waals surface area (Å²) >= 11 is 0. The molecule has 0 N–H and O–H groups in total. The summed E-state index contributed by atoms with van der Waals surface area (Å²) in [5, 5.41) is 0. The van der Waals surface area contributed by atoms with Crippen LogP contribution in [0.3, 0.4) is 0 Å². The summed E-state index contributed by atoms with van der Waals surface area (Å²) in [4.78, 5) is 12.4. The summed E-state index contributed by atoms with van der Waals surface area (Å²) in [6, 6.07) is 17.4. The molecular weight excluding hydrogens is 503 g/mol. The van der Waals surface area contributed by atoms with Gasteiger partial charge in [0.25, 0.3) is 0 Å². The zero-order chi connectivity index (χ0) is 28.1. The molecule has 2 atom stereocenters. The molecule has 1 saturated carbocycles. The molecule has 0 aliphatic heterocycles. The zero-order valence-electron chi connectivity index (χ0n) is 23.8. The van der Waals surface area contributed by atoms with E-state index in [0.29, 0.717) is 17.9 Å². The van der Waals surface area contributed by atoms with Gasteiger partial charge in [0.1, 0.15) is 23.9 Å². The molecule has 0 amide bonds. The highest BCUT2D eigenvalue weighted by Crippen LogP contribution is 2.57. The van der Waals surface area contributed by atoms with E-state index in [1.165, 1.54) is 29.9 Å². The molecule has 0 bridgehead atoms. The van der Waals surface area contributed by atoms with Crippen molar-refractivity contribution in [3.63, 3.8) is 0 Å². The minimum Gasteiger partial charge on any atom is -0.497 e. The van der Waals surface area contributed by atoms with Gasteiger partial charge in [-0.15, -0.1) is 0 Å².